The van der Waals surface area contributed by atoms with Crippen LogP contribution in [0, 0.1) is 0 Å². The first-order valence-corrected chi connectivity index (χ1v) is 7.48. The Morgan fingerprint density at radius 2 is 1.83 bits per heavy atom. The highest BCUT2D eigenvalue weighted by Crippen LogP contribution is 2.27. The number of ether oxygens (including phenoxy) is 2. The maximum atomic E-state index is 12.2. The van der Waals surface area contributed by atoms with E-state index in [1.54, 1.807) is 38.5 Å². The maximum absolute atomic E-state index is 12.2. The maximum Gasteiger partial charge on any atom is 0.253 e. The third kappa shape index (κ3) is 4.25. The smallest absolute Gasteiger partial charge is 0.253 e. The normalized spacial score (nSPS) is 9.92. The Morgan fingerprint density at radius 1 is 1.08 bits per heavy atom. The van der Waals surface area contributed by atoms with Crippen molar-refractivity contribution in [3.8, 4) is 11.5 Å². The minimum absolute atomic E-state index is 0.236. The third-order valence-electron chi connectivity index (χ3n) is 3.53. The molecule has 0 saturated carbocycles. The topological polar surface area (TPSA) is 76.7 Å². The molecule has 0 atom stereocenters. The molecule has 0 fully saturated rings. The lowest BCUT2D eigenvalue weighted by atomic mass is 10.1. The van der Waals surface area contributed by atoms with Crippen LogP contribution < -0.4 is 20.1 Å². The molecule has 6 heteroatoms. The minimum Gasteiger partial charge on any atom is -0.493 e. The Kier molecular flexibility index (Phi) is 6.19. The van der Waals surface area contributed by atoms with Crippen molar-refractivity contribution < 1.29 is 19.1 Å². The van der Waals surface area contributed by atoms with Crippen LogP contribution in [0.1, 0.15) is 15.9 Å². The predicted molar refractivity (Wildman–Crippen MR) is 91.7 cm³/mol. The molecule has 0 aliphatic rings. The fourth-order valence-electron chi connectivity index (χ4n) is 2.32. The van der Waals surface area contributed by atoms with Gasteiger partial charge in [0.05, 0.1) is 25.5 Å². The molecule has 2 N–H and O–H groups in total. The Hall–Kier alpha value is -3.02. The molecule has 0 heterocycles. The number of rotatable bonds is 8. The van der Waals surface area contributed by atoms with Gasteiger partial charge in [-0.3, -0.25) is 9.59 Å². The number of amides is 2. The monoisotopic (exact) mass is 328 g/mol. The van der Waals surface area contributed by atoms with Crippen LogP contribution >= 0.6 is 0 Å². The van der Waals surface area contributed by atoms with Gasteiger partial charge in [0, 0.05) is 6.54 Å². The number of nitrogens with one attached hydrogen (secondary N) is 2. The molecular weight excluding hydrogens is 308 g/mol. The van der Waals surface area contributed by atoms with Crippen LogP contribution in [0.5, 0.6) is 11.5 Å². The molecule has 0 spiro atoms. The van der Waals surface area contributed by atoms with E-state index in [1.165, 1.54) is 0 Å². The summed E-state index contributed by atoms with van der Waals surface area (Å²) in [7, 11) is 3.17. The largest absolute Gasteiger partial charge is 0.493 e. The van der Waals surface area contributed by atoms with E-state index in [2.05, 4.69) is 10.6 Å². The van der Waals surface area contributed by atoms with Gasteiger partial charge in [-0.05, 0) is 36.2 Å². The van der Waals surface area contributed by atoms with Crippen LogP contribution in [0.4, 0.5) is 5.69 Å². The molecule has 2 amide bonds. The summed E-state index contributed by atoms with van der Waals surface area (Å²) >= 11 is 0. The molecule has 0 aliphatic heterocycles. The zero-order valence-corrected chi connectivity index (χ0v) is 13.7. The SMILES string of the molecule is COc1ccc(CCNC(=O)c2ccccc2NC=O)cc1OC. The molecule has 0 saturated heterocycles. The number of benzene rings is 2. The van der Waals surface area contributed by atoms with Crippen LogP contribution in [-0.4, -0.2) is 33.1 Å². The summed E-state index contributed by atoms with van der Waals surface area (Å²) in [6.45, 7) is 0.462. The lowest BCUT2D eigenvalue weighted by Crippen LogP contribution is -2.26. The molecule has 2 aromatic rings. The van der Waals surface area contributed by atoms with Crippen LogP contribution in [0.2, 0.25) is 0 Å². The first-order chi connectivity index (χ1) is 11.7. The minimum atomic E-state index is -0.236. The van der Waals surface area contributed by atoms with Crippen molar-refractivity contribution in [1.82, 2.24) is 5.32 Å². The Labute approximate surface area is 140 Å². The Balaban J connectivity index is 1.97. The summed E-state index contributed by atoms with van der Waals surface area (Å²) in [4.78, 5) is 22.8. The van der Waals surface area contributed by atoms with E-state index in [-0.39, 0.29) is 5.91 Å². The molecular formula is C18H20N2O4. The van der Waals surface area contributed by atoms with Crippen LogP contribution in [0.15, 0.2) is 42.5 Å². The van der Waals surface area contributed by atoms with Gasteiger partial charge in [-0.1, -0.05) is 18.2 Å². The third-order valence-corrected chi connectivity index (χ3v) is 3.53. The van der Waals surface area contributed by atoms with Gasteiger partial charge in [0.2, 0.25) is 6.41 Å². The van der Waals surface area contributed by atoms with E-state index in [0.29, 0.717) is 42.1 Å². The van der Waals surface area contributed by atoms with Crippen molar-refractivity contribution in [2.45, 2.75) is 6.42 Å². The van der Waals surface area contributed by atoms with Crippen molar-refractivity contribution in [2.24, 2.45) is 0 Å². The Bertz CT molecular complexity index is 716. The van der Waals surface area contributed by atoms with Crippen molar-refractivity contribution in [3.63, 3.8) is 0 Å². The van der Waals surface area contributed by atoms with Crippen LogP contribution in [0.3, 0.4) is 0 Å². The number of para-hydroxylation sites is 1. The van der Waals surface area contributed by atoms with E-state index >= 15 is 0 Å². The van der Waals surface area contributed by atoms with Gasteiger partial charge in [0.25, 0.3) is 5.91 Å². The first kappa shape index (κ1) is 17.3. The summed E-state index contributed by atoms with van der Waals surface area (Å²) in [5.74, 6) is 1.08. The summed E-state index contributed by atoms with van der Waals surface area (Å²) in [5, 5.41) is 5.37. The van der Waals surface area contributed by atoms with Crippen LogP contribution in [-0.2, 0) is 11.2 Å². The summed E-state index contributed by atoms with van der Waals surface area (Å²) in [5.41, 5.74) is 1.93. The predicted octanol–water partition coefficient (Wildman–Crippen LogP) is 2.24. The second kappa shape index (κ2) is 8.57. The highest BCUT2D eigenvalue weighted by Gasteiger charge is 2.10. The fraction of sp³-hybridized carbons (Fsp3) is 0.222. The van der Waals surface area contributed by atoms with E-state index < -0.39 is 0 Å². The molecule has 2 rings (SSSR count). The summed E-state index contributed by atoms with van der Waals surface area (Å²) in [6.07, 6.45) is 1.20. The first-order valence-electron chi connectivity index (χ1n) is 7.48. The van der Waals surface area contributed by atoms with Crippen molar-refractivity contribution in [1.29, 1.82) is 0 Å². The van der Waals surface area contributed by atoms with Crippen molar-refractivity contribution in [3.05, 3.63) is 53.6 Å². The van der Waals surface area contributed by atoms with Crippen LogP contribution in [0.25, 0.3) is 0 Å². The summed E-state index contributed by atoms with van der Waals surface area (Å²) in [6, 6.07) is 12.5. The highest BCUT2D eigenvalue weighted by molar-refractivity contribution is 6.01. The van der Waals surface area contributed by atoms with Gasteiger partial charge in [-0.15, -0.1) is 0 Å². The lowest BCUT2D eigenvalue weighted by molar-refractivity contribution is -0.105. The number of hydrogen-bond donors (Lipinski definition) is 2. The molecule has 0 unspecified atom stereocenters. The fourth-order valence-corrected chi connectivity index (χ4v) is 2.32. The van der Waals surface area contributed by atoms with Gasteiger partial charge in [0.15, 0.2) is 11.5 Å². The second-order valence-electron chi connectivity index (χ2n) is 5.00. The zero-order valence-electron chi connectivity index (χ0n) is 13.7. The number of hydrogen-bond acceptors (Lipinski definition) is 4. The number of carbonyl (C=O) groups is 2. The number of anilines is 1. The molecule has 0 aromatic heterocycles. The molecule has 24 heavy (non-hydrogen) atoms. The molecule has 0 bridgehead atoms. The van der Waals surface area contributed by atoms with E-state index in [0.717, 1.165) is 5.56 Å². The average molecular weight is 328 g/mol. The van der Waals surface area contributed by atoms with Crippen molar-refractivity contribution in [2.75, 3.05) is 26.1 Å². The molecule has 2 aromatic carbocycles. The van der Waals surface area contributed by atoms with Crippen molar-refractivity contribution >= 4 is 18.0 Å². The Morgan fingerprint density at radius 3 is 2.54 bits per heavy atom. The number of carbonyl (C=O) groups excluding carboxylic acids is 2. The quantitative estimate of drug-likeness (QED) is 0.729. The van der Waals surface area contributed by atoms with E-state index in [9.17, 15) is 9.59 Å². The number of methoxy groups -OCH3 is 2. The average Bonchev–Trinajstić information content (AvgIpc) is 2.62. The second-order valence-corrected chi connectivity index (χ2v) is 5.00. The molecule has 0 radical (unpaired) electrons. The summed E-state index contributed by atoms with van der Waals surface area (Å²) < 4.78 is 10.5. The zero-order chi connectivity index (χ0) is 17.4. The highest BCUT2D eigenvalue weighted by atomic mass is 16.5. The van der Waals surface area contributed by atoms with Gasteiger partial charge < -0.3 is 20.1 Å². The van der Waals surface area contributed by atoms with E-state index in [1.807, 2.05) is 18.2 Å². The molecule has 6 nitrogen and oxygen atoms in total. The van der Waals surface area contributed by atoms with Gasteiger partial charge in [-0.2, -0.15) is 0 Å². The van der Waals surface area contributed by atoms with Gasteiger partial charge >= 0.3 is 0 Å². The molecule has 126 valence electrons. The molecule has 0 aliphatic carbocycles. The van der Waals surface area contributed by atoms with E-state index in [4.69, 9.17) is 9.47 Å². The van der Waals surface area contributed by atoms with Gasteiger partial charge in [-0.25, -0.2) is 0 Å². The van der Waals surface area contributed by atoms with Gasteiger partial charge in [0.1, 0.15) is 0 Å². The lowest BCUT2D eigenvalue weighted by Gasteiger charge is -2.11. The standard InChI is InChI=1S/C18H20N2O4/c1-23-16-8-7-13(11-17(16)24-2)9-10-19-18(22)14-5-3-4-6-15(14)20-12-21/h3-8,11-12H,9-10H2,1-2H3,(H,19,22)(H,20,21).